The van der Waals surface area contributed by atoms with Crippen molar-refractivity contribution >= 4 is 47.6 Å². The summed E-state index contributed by atoms with van der Waals surface area (Å²) in [5, 5.41) is 6.22. The summed E-state index contributed by atoms with van der Waals surface area (Å²) in [6.07, 6.45) is 8.26. The fourth-order valence-corrected chi connectivity index (χ4v) is 5.32. The quantitative estimate of drug-likeness (QED) is 0.365. The third-order valence-electron chi connectivity index (χ3n) is 5.06. The van der Waals surface area contributed by atoms with E-state index < -0.39 is 0 Å². The molecule has 2 heterocycles. The van der Waals surface area contributed by atoms with E-state index in [0.717, 1.165) is 37.1 Å². The SMILES string of the molecule is CCNC(=NCC(=O)NCc1ccco1)N1CCSC2(CCCCC2)C1.I. The molecule has 1 spiro atoms. The Morgan fingerprint density at radius 2 is 2.15 bits per heavy atom. The smallest absolute Gasteiger partial charge is 0.242 e. The van der Waals surface area contributed by atoms with Gasteiger partial charge in [0.1, 0.15) is 12.3 Å². The largest absolute Gasteiger partial charge is 0.467 e. The van der Waals surface area contributed by atoms with Crippen molar-refractivity contribution in [3.63, 3.8) is 0 Å². The number of amides is 1. The zero-order valence-electron chi connectivity index (χ0n) is 16.0. The molecule has 1 aromatic heterocycles. The summed E-state index contributed by atoms with van der Waals surface area (Å²) < 4.78 is 5.62. The Bertz CT molecular complexity index is 597. The molecule has 2 aliphatic rings. The van der Waals surface area contributed by atoms with Gasteiger partial charge in [-0.25, -0.2) is 4.99 Å². The highest BCUT2D eigenvalue weighted by molar-refractivity contribution is 14.0. The molecule has 3 rings (SSSR count). The number of carbonyl (C=O) groups excluding carboxylic acids is 1. The topological polar surface area (TPSA) is 69.9 Å². The van der Waals surface area contributed by atoms with E-state index in [2.05, 4.69) is 39.2 Å². The van der Waals surface area contributed by atoms with E-state index in [0.29, 0.717) is 11.3 Å². The van der Waals surface area contributed by atoms with Crippen LogP contribution in [0, 0.1) is 0 Å². The van der Waals surface area contributed by atoms with Gasteiger partial charge >= 0.3 is 0 Å². The van der Waals surface area contributed by atoms with Crippen molar-refractivity contribution in [2.45, 2.75) is 50.3 Å². The molecule has 0 bridgehead atoms. The second-order valence-corrected chi connectivity index (χ2v) is 8.60. The Morgan fingerprint density at radius 3 is 2.85 bits per heavy atom. The number of nitrogens with one attached hydrogen (secondary N) is 2. The summed E-state index contributed by atoms with van der Waals surface area (Å²) in [4.78, 5) is 19.1. The molecule has 6 nitrogen and oxygen atoms in total. The molecule has 1 aliphatic carbocycles. The third kappa shape index (κ3) is 6.58. The van der Waals surface area contributed by atoms with E-state index in [1.54, 1.807) is 6.26 Å². The molecule has 0 unspecified atom stereocenters. The van der Waals surface area contributed by atoms with Crippen LogP contribution in [0.3, 0.4) is 0 Å². The molecule has 27 heavy (non-hydrogen) atoms. The van der Waals surface area contributed by atoms with Gasteiger partial charge in [0.05, 0.1) is 12.8 Å². The molecule has 8 heteroatoms. The molecular weight excluding hydrogens is 475 g/mol. The summed E-state index contributed by atoms with van der Waals surface area (Å²) in [6, 6.07) is 3.67. The second-order valence-electron chi connectivity index (χ2n) is 7.04. The maximum atomic E-state index is 12.1. The maximum Gasteiger partial charge on any atom is 0.242 e. The van der Waals surface area contributed by atoms with Crippen molar-refractivity contribution in [2.24, 2.45) is 4.99 Å². The first kappa shape index (κ1) is 22.4. The van der Waals surface area contributed by atoms with E-state index >= 15 is 0 Å². The van der Waals surface area contributed by atoms with Gasteiger partial charge in [-0.1, -0.05) is 19.3 Å². The minimum atomic E-state index is -0.0874. The zero-order chi connectivity index (χ0) is 18.2. The van der Waals surface area contributed by atoms with Gasteiger partial charge in [-0.2, -0.15) is 11.8 Å². The molecule has 2 N–H and O–H groups in total. The minimum Gasteiger partial charge on any atom is -0.467 e. The lowest BCUT2D eigenvalue weighted by Gasteiger charge is -2.45. The van der Waals surface area contributed by atoms with Crippen LogP contribution in [-0.2, 0) is 11.3 Å². The lowest BCUT2D eigenvalue weighted by molar-refractivity contribution is -0.119. The van der Waals surface area contributed by atoms with Crippen LogP contribution in [0.4, 0.5) is 0 Å². The zero-order valence-corrected chi connectivity index (χ0v) is 19.2. The number of thioether (sulfide) groups is 1. The van der Waals surface area contributed by atoms with Gasteiger partial charge < -0.3 is 20.0 Å². The fourth-order valence-electron chi connectivity index (χ4n) is 3.75. The van der Waals surface area contributed by atoms with Crippen molar-refractivity contribution in [1.29, 1.82) is 0 Å². The number of rotatable bonds is 5. The normalized spacial score (nSPS) is 19.4. The molecule has 1 aromatic rings. The molecule has 2 fully saturated rings. The number of nitrogens with zero attached hydrogens (tertiary/aromatic N) is 2. The van der Waals surface area contributed by atoms with Crippen LogP contribution in [0.5, 0.6) is 0 Å². The Labute approximate surface area is 183 Å². The predicted octanol–water partition coefficient (Wildman–Crippen LogP) is 3.23. The van der Waals surface area contributed by atoms with E-state index in [1.165, 1.54) is 32.1 Å². The monoisotopic (exact) mass is 506 g/mol. The Morgan fingerprint density at radius 1 is 1.33 bits per heavy atom. The summed E-state index contributed by atoms with van der Waals surface area (Å²) in [7, 11) is 0. The van der Waals surface area contributed by atoms with Gasteiger partial charge in [-0.05, 0) is 31.9 Å². The van der Waals surface area contributed by atoms with Crippen LogP contribution in [0.1, 0.15) is 44.8 Å². The van der Waals surface area contributed by atoms with Crippen LogP contribution in [0.2, 0.25) is 0 Å². The molecule has 1 amide bonds. The van der Waals surface area contributed by atoms with Crippen molar-refractivity contribution in [3.05, 3.63) is 24.2 Å². The van der Waals surface area contributed by atoms with Gasteiger partial charge in [0.25, 0.3) is 0 Å². The van der Waals surface area contributed by atoms with Crippen molar-refractivity contribution in [2.75, 3.05) is 31.9 Å². The van der Waals surface area contributed by atoms with Gasteiger partial charge in [0.15, 0.2) is 5.96 Å². The summed E-state index contributed by atoms with van der Waals surface area (Å²) >= 11 is 2.14. The van der Waals surface area contributed by atoms with Crippen molar-refractivity contribution in [3.8, 4) is 0 Å². The highest BCUT2D eigenvalue weighted by atomic mass is 127. The van der Waals surface area contributed by atoms with Gasteiger partial charge in [-0.15, -0.1) is 24.0 Å². The molecular formula is C19H31IN4O2S. The number of carbonyl (C=O) groups is 1. The summed E-state index contributed by atoms with van der Waals surface area (Å²) in [5.41, 5.74) is 0. The van der Waals surface area contributed by atoms with Crippen LogP contribution in [0.15, 0.2) is 27.8 Å². The fraction of sp³-hybridized carbons (Fsp3) is 0.684. The first-order valence-electron chi connectivity index (χ1n) is 9.67. The molecule has 0 atom stereocenters. The van der Waals surface area contributed by atoms with Crippen LogP contribution in [-0.4, -0.2) is 53.4 Å². The van der Waals surface area contributed by atoms with Crippen LogP contribution in [0.25, 0.3) is 0 Å². The predicted molar refractivity (Wildman–Crippen MR) is 122 cm³/mol. The number of halogens is 1. The Balaban J connectivity index is 0.00000261. The first-order chi connectivity index (χ1) is 12.7. The number of hydrogen-bond donors (Lipinski definition) is 2. The lowest BCUT2D eigenvalue weighted by atomic mass is 9.87. The number of guanidine groups is 1. The molecule has 152 valence electrons. The minimum absolute atomic E-state index is 0. The Hall–Kier alpha value is -0.900. The van der Waals surface area contributed by atoms with Crippen LogP contribution >= 0.6 is 35.7 Å². The van der Waals surface area contributed by atoms with Crippen molar-refractivity contribution < 1.29 is 9.21 Å². The lowest BCUT2D eigenvalue weighted by Crippen LogP contribution is -2.53. The average molecular weight is 506 g/mol. The molecule has 0 aromatic carbocycles. The molecule has 0 radical (unpaired) electrons. The average Bonchev–Trinajstić information content (AvgIpc) is 3.18. The summed E-state index contributed by atoms with van der Waals surface area (Å²) in [6.45, 7) is 5.45. The molecule has 1 saturated carbocycles. The molecule has 1 saturated heterocycles. The van der Waals surface area contributed by atoms with E-state index in [1.807, 2.05) is 12.1 Å². The van der Waals surface area contributed by atoms with E-state index in [4.69, 9.17) is 4.42 Å². The highest BCUT2D eigenvalue weighted by Gasteiger charge is 2.38. The highest BCUT2D eigenvalue weighted by Crippen LogP contribution is 2.42. The van der Waals surface area contributed by atoms with Crippen molar-refractivity contribution in [1.82, 2.24) is 15.5 Å². The second kappa shape index (κ2) is 11.2. The van der Waals surface area contributed by atoms with Gasteiger partial charge in [0.2, 0.25) is 5.91 Å². The summed E-state index contributed by atoms with van der Waals surface area (Å²) in [5.74, 6) is 2.66. The van der Waals surface area contributed by atoms with Gasteiger partial charge in [0, 0.05) is 30.1 Å². The Kier molecular flexibility index (Phi) is 9.28. The van der Waals surface area contributed by atoms with E-state index in [-0.39, 0.29) is 36.4 Å². The number of hydrogen-bond acceptors (Lipinski definition) is 4. The standard InChI is InChI=1S/C19H30N4O2S.HI/c1-2-20-18(22-14-17(24)21-13-16-7-6-11-25-16)23-10-12-26-19(15-23)8-4-3-5-9-19;/h6-7,11H,2-5,8-10,12-15H2,1H3,(H,20,22)(H,21,24);1H. The molecule has 1 aliphatic heterocycles. The number of furan rings is 1. The maximum absolute atomic E-state index is 12.1. The number of aliphatic imine (C=N–C) groups is 1. The first-order valence-corrected chi connectivity index (χ1v) is 10.7. The third-order valence-corrected chi connectivity index (χ3v) is 6.60. The van der Waals surface area contributed by atoms with Gasteiger partial charge in [-0.3, -0.25) is 4.79 Å². The van der Waals surface area contributed by atoms with E-state index in [9.17, 15) is 4.79 Å². The van der Waals surface area contributed by atoms with Crippen LogP contribution < -0.4 is 10.6 Å².